The molecule has 0 spiro atoms. The first kappa shape index (κ1) is 14.4. The minimum absolute atomic E-state index is 0.158. The molecular weight excluding hydrogens is 274 g/mol. The number of hydrogen-bond donors (Lipinski definition) is 2. The van der Waals surface area contributed by atoms with Gasteiger partial charge in [0, 0.05) is 11.6 Å². The average molecular weight is 287 g/mol. The van der Waals surface area contributed by atoms with Crippen molar-refractivity contribution in [1.29, 1.82) is 0 Å². The van der Waals surface area contributed by atoms with Gasteiger partial charge < -0.3 is 20.3 Å². The molecule has 2 aromatic carbocycles. The third kappa shape index (κ3) is 3.50. The fourth-order valence-electron chi connectivity index (χ4n) is 1.69. The molecule has 0 saturated heterocycles. The topological polar surface area (TPSA) is 98.8 Å². The molecule has 0 bridgehead atoms. The summed E-state index contributed by atoms with van der Waals surface area (Å²) in [4.78, 5) is 22.0. The summed E-state index contributed by atoms with van der Waals surface area (Å²) in [7, 11) is 1.46. The van der Waals surface area contributed by atoms with Gasteiger partial charge in [-0.3, -0.25) is 4.79 Å². The molecule has 0 aromatic heterocycles. The number of primary amides is 1. The number of rotatable bonds is 5. The number of amides is 1. The number of methoxy groups -OCH3 is 1. The van der Waals surface area contributed by atoms with Crippen molar-refractivity contribution >= 4 is 11.9 Å². The van der Waals surface area contributed by atoms with Gasteiger partial charge in [0.1, 0.15) is 17.2 Å². The highest BCUT2D eigenvalue weighted by atomic mass is 16.5. The SMILES string of the molecule is COc1cc(Oc2ccc(C(=O)O)cc2)cc(C(N)=O)c1. The highest BCUT2D eigenvalue weighted by Crippen LogP contribution is 2.27. The van der Waals surface area contributed by atoms with Crippen LogP contribution in [0.4, 0.5) is 0 Å². The molecule has 0 aliphatic heterocycles. The van der Waals surface area contributed by atoms with E-state index >= 15 is 0 Å². The van der Waals surface area contributed by atoms with Crippen LogP contribution in [0.3, 0.4) is 0 Å². The molecule has 21 heavy (non-hydrogen) atoms. The van der Waals surface area contributed by atoms with Crippen LogP contribution >= 0.6 is 0 Å². The quantitative estimate of drug-likeness (QED) is 0.879. The lowest BCUT2D eigenvalue weighted by Gasteiger charge is -2.09. The summed E-state index contributed by atoms with van der Waals surface area (Å²) in [6.45, 7) is 0. The Bertz CT molecular complexity index is 679. The van der Waals surface area contributed by atoms with E-state index in [4.69, 9.17) is 20.3 Å². The fraction of sp³-hybridized carbons (Fsp3) is 0.0667. The number of ether oxygens (including phenoxy) is 2. The van der Waals surface area contributed by atoms with E-state index in [1.54, 1.807) is 6.07 Å². The molecular formula is C15H13NO5. The standard InChI is InChI=1S/C15H13NO5/c1-20-12-6-10(14(16)17)7-13(8-12)21-11-4-2-9(3-5-11)15(18)19/h2-8H,1H3,(H2,16,17)(H,18,19). The van der Waals surface area contributed by atoms with Crippen LogP contribution in [0.25, 0.3) is 0 Å². The van der Waals surface area contributed by atoms with Gasteiger partial charge in [-0.05, 0) is 36.4 Å². The second-order valence-corrected chi connectivity index (χ2v) is 4.19. The van der Waals surface area contributed by atoms with Gasteiger partial charge in [0.2, 0.25) is 5.91 Å². The second kappa shape index (κ2) is 5.96. The molecule has 0 aliphatic rings. The zero-order valence-corrected chi connectivity index (χ0v) is 11.2. The molecule has 0 saturated carbocycles. The Kier molecular flexibility index (Phi) is 4.08. The van der Waals surface area contributed by atoms with Gasteiger partial charge in [-0.25, -0.2) is 4.79 Å². The average Bonchev–Trinajstić information content (AvgIpc) is 2.47. The van der Waals surface area contributed by atoms with Gasteiger partial charge in [0.25, 0.3) is 0 Å². The number of carboxylic acid groups (broad SMARTS) is 1. The van der Waals surface area contributed by atoms with Crippen LogP contribution in [0.2, 0.25) is 0 Å². The Morgan fingerprint density at radius 2 is 1.57 bits per heavy atom. The van der Waals surface area contributed by atoms with Crippen LogP contribution in [0.15, 0.2) is 42.5 Å². The van der Waals surface area contributed by atoms with Gasteiger partial charge in [-0.15, -0.1) is 0 Å². The minimum atomic E-state index is -1.01. The van der Waals surface area contributed by atoms with Gasteiger partial charge in [0.05, 0.1) is 12.7 Å². The summed E-state index contributed by atoms with van der Waals surface area (Å²) in [6, 6.07) is 10.5. The predicted octanol–water partition coefficient (Wildman–Crippen LogP) is 2.28. The fourth-order valence-corrected chi connectivity index (χ4v) is 1.69. The number of nitrogens with two attached hydrogens (primary N) is 1. The summed E-state index contributed by atoms with van der Waals surface area (Å²) in [5.41, 5.74) is 5.65. The lowest BCUT2D eigenvalue weighted by Crippen LogP contribution is -2.11. The lowest BCUT2D eigenvalue weighted by molar-refractivity contribution is 0.0696. The Labute approximate surface area is 120 Å². The Morgan fingerprint density at radius 3 is 2.10 bits per heavy atom. The summed E-state index contributed by atoms with van der Waals surface area (Å²) in [5, 5.41) is 8.82. The van der Waals surface area contributed by atoms with Gasteiger partial charge in [-0.1, -0.05) is 0 Å². The monoisotopic (exact) mass is 287 g/mol. The van der Waals surface area contributed by atoms with Gasteiger partial charge >= 0.3 is 5.97 Å². The lowest BCUT2D eigenvalue weighted by atomic mass is 10.2. The maximum absolute atomic E-state index is 11.2. The molecule has 6 nitrogen and oxygen atoms in total. The number of carbonyl (C=O) groups is 2. The maximum Gasteiger partial charge on any atom is 0.335 e. The molecule has 3 N–H and O–H groups in total. The highest BCUT2D eigenvalue weighted by molar-refractivity contribution is 5.93. The minimum Gasteiger partial charge on any atom is -0.497 e. The molecule has 108 valence electrons. The van der Waals surface area contributed by atoms with Crippen molar-refractivity contribution in [3.63, 3.8) is 0 Å². The van der Waals surface area contributed by atoms with Crippen LogP contribution in [0.1, 0.15) is 20.7 Å². The Morgan fingerprint density at radius 1 is 0.952 bits per heavy atom. The number of benzene rings is 2. The van der Waals surface area contributed by atoms with Crippen LogP contribution in [0.5, 0.6) is 17.2 Å². The molecule has 0 heterocycles. The maximum atomic E-state index is 11.2. The van der Waals surface area contributed by atoms with E-state index in [9.17, 15) is 9.59 Å². The van der Waals surface area contributed by atoms with Crippen molar-refractivity contribution in [2.24, 2.45) is 5.73 Å². The summed E-state index contributed by atoms with van der Waals surface area (Å²) < 4.78 is 10.6. The van der Waals surface area contributed by atoms with Gasteiger partial charge in [0.15, 0.2) is 0 Å². The van der Waals surface area contributed by atoms with Crippen molar-refractivity contribution in [3.8, 4) is 17.2 Å². The van der Waals surface area contributed by atoms with E-state index in [1.807, 2.05) is 0 Å². The number of aromatic carboxylic acids is 1. The molecule has 0 atom stereocenters. The zero-order chi connectivity index (χ0) is 15.4. The third-order valence-electron chi connectivity index (χ3n) is 2.74. The summed E-state index contributed by atoms with van der Waals surface area (Å²) >= 11 is 0. The first-order chi connectivity index (χ1) is 9.99. The van der Waals surface area contributed by atoms with E-state index in [0.29, 0.717) is 17.2 Å². The molecule has 6 heteroatoms. The molecule has 2 aromatic rings. The van der Waals surface area contributed by atoms with Crippen LogP contribution < -0.4 is 15.2 Å². The largest absolute Gasteiger partial charge is 0.497 e. The Hall–Kier alpha value is -3.02. The highest BCUT2D eigenvalue weighted by Gasteiger charge is 2.08. The molecule has 0 radical (unpaired) electrons. The zero-order valence-electron chi connectivity index (χ0n) is 11.2. The van der Waals surface area contributed by atoms with Crippen molar-refractivity contribution in [3.05, 3.63) is 53.6 Å². The molecule has 2 rings (SSSR count). The van der Waals surface area contributed by atoms with Crippen molar-refractivity contribution in [2.45, 2.75) is 0 Å². The summed E-state index contributed by atoms with van der Waals surface area (Å²) in [5.74, 6) is -0.378. The normalized spacial score (nSPS) is 9.95. The van der Waals surface area contributed by atoms with Crippen molar-refractivity contribution < 1.29 is 24.2 Å². The van der Waals surface area contributed by atoms with E-state index in [1.165, 1.54) is 43.5 Å². The van der Waals surface area contributed by atoms with Crippen LogP contribution in [-0.4, -0.2) is 24.1 Å². The first-order valence-corrected chi connectivity index (χ1v) is 5.99. The first-order valence-electron chi connectivity index (χ1n) is 5.99. The third-order valence-corrected chi connectivity index (χ3v) is 2.74. The van der Waals surface area contributed by atoms with Gasteiger partial charge in [-0.2, -0.15) is 0 Å². The number of carbonyl (C=O) groups excluding carboxylic acids is 1. The Balaban J connectivity index is 2.28. The second-order valence-electron chi connectivity index (χ2n) is 4.19. The number of hydrogen-bond acceptors (Lipinski definition) is 4. The van der Waals surface area contributed by atoms with Crippen LogP contribution in [-0.2, 0) is 0 Å². The van der Waals surface area contributed by atoms with E-state index in [0.717, 1.165) is 0 Å². The van der Waals surface area contributed by atoms with E-state index < -0.39 is 11.9 Å². The smallest absolute Gasteiger partial charge is 0.335 e. The van der Waals surface area contributed by atoms with Crippen molar-refractivity contribution in [1.82, 2.24) is 0 Å². The number of carboxylic acids is 1. The molecule has 0 fully saturated rings. The van der Waals surface area contributed by atoms with E-state index in [-0.39, 0.29) is 11.1 Å². The van der Waals surface area contributed by atoms with E-state index in [2.05, 4.69) is 0 Å². The molecule has 0 aliphatic carbocycles. The molecule has 0 unspecified atom stereocenters. The predicted molar refractivity (Wildman–Crippen MR) is 75.0 cm³/mol. The molecule has 1 amide bonds. The summed E-state index contributed by atoms with van der Waals surface area (Å²) in [6.07, 6.45) is 0. The van der Waals surface area contributed by atoms with Crippen molar-refractivity contribution in [2.75, 3.05) is 7.11 Å². The van der Waals surface area contributed by atoms with Crippen LogP contribution in [0, 0.1) is 0 Å².